The van der Waals surface area contributed by atoms with Gasteiger partial charge in [0.1, 0.15) is 6.00 Å². The lowest BCUT2D eigenvalue weighted by Gasteiger charge is -2.12. The van der Waals surface area contributed by atoms with Gasteiger partial charge < -0.3 is 0 Å². The number of hydrogen-bond acceptors (Lipinski definition) is 1. The van der Waals surface area contributed by atoms with Crippen LogP contribution in [0, 0.1) is 0 Å². The van der Waals surface area contributed by atoms with E-state index in [0.29, 0.717) is 11.7 Å². The lowest BCUT2D eigenvalue weighted by molar-refractivity contribution is 0.985. The van der Waals surface area contributed by atoms with E-state index in [0.717, 1.165) is 29.4 Å². The van der Waals surface area contributed by atoms with Crippen LogP contribution in [0.3, 0.4) is 0 Å². The summed E-state index contributed by atoms with van der Waals surface area (Å²) in [4.78, 5) is 13.3. The summed E-state index contributed by atoms with van der Waals surface area (Å²) in [7, 11) is 0. The SMILES string of the molecule is C=NC(=NC(=NCCl)c1ccc2c(c1)CCC=C2)c1ccc2ccccc2c1. The van der Waals surface area contributed by atoms with Crippen LogP contribution in [0.15, 0.2) is 81.7 Å². The third kappa shape index (κ3) is 3.80. The molecule has 0 heterocycles. The normalized spacial score (nSPS) is 14.2. The van der Waals surface area contributed by atoms with Crippen LogP contribution in [0.1, 0.15) is 28.7 Å². The zero-order valence-corrected chi connectivity index (χ0v) is 16.2. The molecule has 0 bridgehead atoms. The van der Waals surface area contributed by atoms with Gasteiger partial charge in [-0.3, -0.25) is 0 Å². The Morgan fingerprint density at radius 2 is 1.71 bits per heavy atom. The first kappa shape index (κ1) is 18.3. The quantitative estimate of drug-likeness (QED) is 0.233. The molecule has 1 aliphatic rings. The summed E-state index contributed by atoms with van der Waals surface area (Å²) in [6, 6.07) is 20.8. The first-order valence-corrected chi connectivity index (χ1v) is 9.77. The van der Waals surface area contributed by atoms with Crippen molar-refractivity contribution in [2.75, 3.05) is 6.00 Å². The third-order valence-corrected chi connectivity index (χ3v) is 4.98. The summed E-state index contributed by atoms with van der Waals surface area (Å²) in [5.74, 6) is 1.11. The maximum absolute atomic E-state index is 5.93. The van der Waals surface area contributed by atoms with Crippen LogP contribution in [0.25, 0.3) is 16.8 Å². The fraction of sp³-hybridized carbons (Fsp3) is 0.125. The molecule has 0 aromatic heterocycles. The number of hydrogen-bond donors (Lipinski definition) is 0. The molecule has 0 atom stereocenters. The monoisotopic (exact) mass is 385 g/mol. The molecule has 4 heteroatoms. The summed E-state index contributed by atoms with van der Waals surface area (Å²) in [5, 5.41) is 2.31. The molecule has 0 saturated carbocycles. The Hall–Kier alpha value is -3.04. The smallest absolute Gasteiger partial charge is 0.161 e. The number of rotatable bonds is 3. The third-order valence-electron chi connectivity index (χ3n) is 4.86. The molecule has 28 heavy (non-hydrogen) atoms. The lowest BCUT2D eigenvalue weighted by atomic mass is 9.95. The van der Waals surface area contributed by atoms with Crippen molar-refractivity contribution in [3.63, 3.8) is 0 Å². The number of benzene rings is 3. The summed E-state index contributed by atoms with van der Waals surface area (Å²) in [6.07, 6.45) is 6.44. The molecule has 3 nitrogen and oxygen atoms in total. The zero-order chi connectivity index (χ0) is 19.3. The molecule has 0 saturated heterocycles. The molecule has 0 fully saturated rings. The minimum absolute atomic E-state index is 0.137. The molecule has 3 aromatic carbocycles. The van der Waals surface area contributed by atoms with Gasteiger partial charge in [-0.05, 0) is 53.6 Å². The van der Waals surface area contributed by atoms with Crippen LogP contribution in [0.2, 0.25) is 0 Å². The van der Waals surface area contributed by atoms with Crippen LogP contribution in [0.4, 0.5) is 0 Å². The van der Waals surface area contributed by atoms with E-state index in [-0.39, 0.29) is 6.00 Å². The van der Waals surface area contributed by atoms with E-state index in [9.17, 15) is 0 Å². The van der Waals surface area contributed by atoms with Gasteiger partial charge in [-0.15, -0.1) is 11.6 Å². The average molecular weight is 386 g/mol. The maximum atomic E-state index is 5.93. The van der Waals surface area contributed by atoms with Crippen LogP contribution < -0.4 is 0 Å². The van der Waals surface area contributed by atoms with Crippen molar-refractivity contribution in [2.24, 2.45) is 15.0 Å². The minimum atomic E-state index is 0.137. The predicted octanol–water partition coefficient (Wildman–Crippen LogP) is 5.89. The van der Waals surface area contributed by atoms with Gasteiger partial charge >= 0.3 is 0 Å². The number of aliphatic imine (C=N–C) groups is 3. The molecule has 3 aromatic rings. The van der Waals surface area contributed by atoms with Crippen LogP contribution in [0.5, 0.6) is 0 Å². The van der Waals surface area contributed by atoms with E-state index in [4.69, 9.17) is 16.6 Å². The Morgan fingerprint density at radius 1 is 0.929 bits per heavy atom. The first-order chi connectivity index (χ1) is 13.8. The van der Waals surface area contributed by atoms with Crippen molar-refractivity contribution in [1.29, 1.82) is 0 Å². The first-order valence-electron chi connectivity index (χ1n) is 9.23. The number of aryl methyl sites for hydroxylation is 1. The molecule has 0 N–H and O–H groups in total. The van der Waals surface area contributed by atoms with Crippen molar-refractivity contribution in [3.05, 3.63) is 89.0 Å². The van der Waals surface area contributed by atoms with Crippen molar-refractivity contribution >= 4 is 46.8 Å². The van der Waals surface area contributed by atoms with E-state index in [1.807, 2.05) is 24.3 Å². The van der Waals surface area contributed by atoms with Gasteiger partial charge in [0.05, 0.1) is 0 Å². The number of amidine groups is 2. The molecule has 138 valence electrons. The molecule has 1 aliphatic carbocycles. The number of halogens is 1. The lowest BCUT2D eigenvalue weighted by Crippen LogP contribution is -2.07. The Kier molecular flexibility index (Phi) is 5.45. The van der Waals surface area contributed by atoms with Gasteiger partial charge in [-0.25, -0.2) is 15.0 Å². The number of nitrogens with zero attached hydrogens (tertiary/aromatic N) is 3. The summed E-state index contributed by atoms with van der Waals surface area (Å²) < 4.78 is 0. The Morgan fingerprint density at radius 3 is 2.54 bits per heavy atom. The maximum Gasteiger partial charge on any atom is 0.161 e. The van der Waals surface area contributed by atoms with Gasteiger partial charge in [0, 0.05) is 11.1 Å². The van der Waals surface area contributed by atoms with E-state index < -0.39 is 0 Å². The van der Waals surface area contributed by atoms with E-state index in [1.165, 1.54) is 16.5 Å². The fourth-order valence-electron chi connectivity index (χ4n) is 3.44. The zero-order valence-electron chi connectivity index (χ0n) is 15.5. The van der Waals surface area contributed by atoms with Gasteiger partial charge in [-0.1, -0.05) is 60.7 Å². The topological polar surface area (TPSA) is 37.1 Å². The molecular formula is C24H20ClN3. The molecule has 4 rings (SSSR count). The van der Waals surface area contributed by atoms with Crippen LogP contribution in [-0.4, -0.2) is 24.4 Å². The van der Waals surface area contributed by atoms with Crippen molar-refractivity contribution in [3.8, 4) is 0 Å². The Labute approximate surface area is 169 Å². The summed E-state index contributed by atoms with van der Waals surface area (Å²) in [5.41, 5.74) is 4.39. The van der Waals surface area contributed by atoms with Crippen molar-refractivity contribution < 1.29 is 0 Å². The molecule has 0 spiro atoms. The second-order valence-corrected chi connectivity index (χ2v) is 6.85. The minimum Gasteiger partial charge on any atom is -0.250 e. The highest BCUT2D eigenvalue weighted by molar-refractivity contribution is 6.19. The number of alkyl halides is 1. The standard InChI is InChI=1S/C24H20ClN3/c1-26-23(21-12-10-17-6-2-4-8-19(17)14-21)28-24(27-16-25)22-13-11-18-7-3-5-9-20(18)15-22/h2-4,6-8,10-15H,1,5,9,16H2. The van der Waals surface area contributed by atoms with Crippen LogP contribution in [-0.2, 0) is 6.42 Å². The van der Waals surface area contributed by atoms with E-state index in [1.54, 1.807) is 0 Å². The largest absolute Gasteiger partial charge is 0.250 e. The molecule has 0 amide bonds. The fourth-order valence-corrected chi connectivity index (χ4v) is 3.55. The highest BCUT2D eigenvalue weighted by Crippen LogP contribution is 2.22. The molecule has 0 radical (unpaired) electrons. The number of allylic oxidation sites excluding steroid dienone is 1. The molecule has 0 unspecified atom stereocenters. The summed E-state index contributed by atoms with van der Waals surface area (Å²) in [6.45, 7) is 3.72. The van der Waals surface area contributed by atoms with Gasteiger partial charge in [0.2, 0.25) is 0 Å². The van der Waals surface area contributed by atoms with E-state index in [2.05, 4.69) is 65.3 Å². The van der Waals surface area contributed by atoms with Crippen molar-refractivity contribution in [1.82, 2.24) is 0 Å². The van der Waals surface area contributed by atoms with E-state index >= 15 is 0 Å². The van der Waals surface area contributed by atoms with Gasteiger partial charge in [0.15, 0.2) is 11.7 Å². The predicted molar refractivity (Wildman–Crippen MR) is 121 cm³/mol. The Bertz CT molecular complexity index is 1130. The van der Waals surface area contributed by atoms with Gasteiger partial charge in [-0.2, -0.15) is 0 Å². The summed E-state index contributed by atoms with van der Waals surface area (Å²) >= 11 is 5.93. The second kappa shape index (κ2) is 8.32. The van der Waals surface area contributed by atoms with Crippen LogP contribution >= 0.6 is 11.6 Å². The number of fused-ring (bicyclic) bond motifs is 2. The molecular weight excluding hydrogens is 366 g/mol. The van der Waals surface area contributed by atoms with Crippen molar-refractivity contribution in [2.45, 2.75) is 12.8 Å². The Balaban J connectivity index is 1.76. The highest BCUT2D eigenvalue weighted by atomic mass is 35.5. The second-order valence-electron chi connectivity index (χ2n) is 6.61. The molecule has 0 aliphatic heterocycles. The van der Waals surface area contributed by atoms with Gasteiger partial charge in [0.25, 0.3) is 0 Å². The average Bonchev–Trinajstić information content (AvgIpc) is 2.76. The highest BCUT2D eigenvalue weighted by Gasteiger charge is 2.11.